The number of carboxylic acid groups (broad SMARTS) is 1. The highest BCUT2D eigenvalue weighted by atomic mass is 32.2. The zero-order chi connectivity index (χ0) is 22.6. The molecule has 9 nitrogen and oxygen atoms in total. The molecule has 0 aliphatic heterocycles. The van der Waals surface area contributed by atoms with Crippen LogP contribution in [-0.4, -0.2) is 65.5 Å². The highest BCUT2D eigenvalue weighted by Gasteiger charge is 2.27. The molecule has 0 aromatic rings. The number of carbonyl (C=O) groups is 4. The minimum absolute atomic E-state index is 0.0922. The Morgan fingerprint density at radius 2 is 1.52 bits per heavy atom. The molecule has 29 heavy (non-hydrogen) atoms. The average molecular weight is 433 g/mol. The Kier molecular flexibility index (Phi) is 13.3. The van der Waals surface area contributed by atoms with Gasteiger partial charge >= 0.3 is 5.97 Å². The maximum Gasteiger partial charge on any atom is 0.326 e. The lowest BCUT2D eigenvalue weighted by Crippen LogP contribution is -2.54. The summed E-state index contributed by atoms with van der Waals surface area (Å²) in [5, 5.41) is 16.8. The van der Waals surface area contributed by atoms with Crippen LogP contribution in [0.5, 0.6) is 0 Å². The molecule has 0 rings (SSSR count). The van der Waals surface area contributed by atoms with Crippen molar-refractivity contribution in [1.29, 1.82) is 0 Å². The number of hydrogen-bond acceptors (Lipinski definition) is 6. The Balaban J connectivity index is 4.84. The highest BCUT2D eigenvalue weighted by Crippen LogP contribution is 2.07. The number of carbonyl (C=O) groups excluding carboxylic acids is 3. The first kappa shape index (κ1) is 27.2. The van der Waals surface area contributed by atoms with Crippen LogP contribution in [0.2, 0.25) is 0 Å². The second-order valence-electron chi connectivity index (χ2n) is 7.88. The predicted octanol–water partition coefficient (Wildman–Crippen LogP) is 0.329. The third-order valence-electron chi connectivity index (χ3n) is 4.07. The van der Waals surface area contributed by atoms with Crippen LogP contribution in [0.25, 0.3) is 0 Å². The van der Waals surface area contributed by atoms with E-state index in [9.17, 15) is 24.3 Å². The maximum absolute atomic E-state index is 12.6. The molecule has 0 bridgehead atoms. The van der Waals surface area contributed by atoms with Gasteiger partial charge in [0.05, 0.1) is 12.6 Å². The Hall–Kier alpha value is -1.81. The first-order valence-corrected chi connectivity index (χ1v) is 11.2. The number of aliphatic carboxylic acids is 1. The van der Waals surface area contributed by atoms with Crippen molar-refractivity contribution in [2.24, 2.45) is 17.6 Å². The summed E-state index contributed by atoms with van der Waals surface area (Å²) in [5.41, 5.74) is 5.78. The molecule has 6 N–H and O–H groups in total. The lowest BCUT2D eigenvalue weighted by atomic mass is 10.0. The van der Waals surface area contributed by atoms with E-state index in [2.05, 4.69) is 16.0 Å². The van der Waals surface area contributed by atoms with Crippen LogP contribution in [-0.2, 0) is 19.2 Å². The Labute approximate surface area is 177 Å². The Morgan fingerprint density at radius 1 is 0.931 bits per heavy atom. The lowest BCUT2D eigenvalue weighted by molar-refractivity contribution is -0.142. The topological polar surface area (TPSA) is 151 Å². The molecular weight excluding hydrogens is 396 g/mol. The molecule has 0 spiro atoms. The van der Waals surface area contributed by atoms with Crippen molar-refractivity contribution in [2.45, 2.75) is 65.1 Å². The highest BCUT2D eigenvalue weighted by molar-refractivity contribution is 7.98. The molecule has 168 valence electrons. The van der Waals surface area contributed by atoms with Crippen LogP contribution in [0.15, 0.2) is 0 Å². The van der Waals surface area contributed by atoms with Gasteiger partial charge in [0.1, 0.15) is 12.1 Å². The lowest BCUT2D eigenvalue weighted by Gasteiger charge is -2.23. The van der Waals surface area contributed by atoms with Gasteiger partial charge in [0, 0.05) is 0 Å². The van der Waals surface area contributed by atoms with E-state index >= 15 is 0 Å². The number of nitrogens with one attached hydrogen (secondary N) is 3. The molecule has 0 heterocycles. The van der Waals surface area contributed by atoms with Crippen molar-refractivity contribution in [3.8, 4) is 0 Å². The fourth-order valence-corrected chi connectivity index (χ4v) is 3.10. The van der Waals surface area contributed by atoms with E-state index in [-0.39, 0.29) is 24.8 Å². The van der Waals surface area contributed by atoms with Crippen LogP contribution in [0, 0.1) is 11.8 Å². The molecule has 0 aromatic carbocycles. The molecule has 3 unspecified atom stereocenters. The fraction of sp³-hybridized carbons (Fsp3) is 0.789. The first-order chi connectivity index (χ1) is 13.5. The quantitative estimate of drug-likeness (QED) is 0.265. The largest absolute Gasteiger partial charge is 0.480 e. The van der Waals surface area contributed by atoms with Crippen molar-refractivity contribution in [1.82, 2.24) is 16.0 Å². The molecule has 10 heteroatoms. The minimum Gasteiger partial charge on any atom is -0.480 e. The molecule has 0 aliphatic rings. The van der Waals surface area contributed by atoms with Crippen LogP contribution in [0.3, 0.4) is 0 Å². The number of carboxylic acids is 1. The van der Waals surface area contributed by atoms with Crippen molar-refractivity contribution in [3.05, 3.63) is 0 Å². The zero-order valence-electron chi connectivity index (χ0n) is 18.0. The third kappa shape index (κ3) is 12.4. The molecule has 0 fully saturated rings. The Morgan fingerprint density at radius 3 is 2.00 bits per heavy atom. The molecule has 0 radical (unpaired) electrons. The molecule has 0 saturated heterocycles. The molecule has 0 aliphatic carbocycles. The molecular formula is C19H36N4O5S. The summed E-state index contributed by atoms with van der Waals surface area (Å²) in [4.78, 5) is 48.1. The van der Waals surface area contributed by atoms with E-state index in [1.54, 1.807) is 0 Å². The summed E-state index contributed by atoms with van der Waals surface area (Å²) in [7, 11) is 0. The number of amides is 3. The maximum atomic E-state index is 12.6. The van der Waals surface area contributed by atoms with Gasteiger partial charge in [0.2, 0.25) is 17.7 Å². The summed E-state index contributed by atoms with van der Waals surface area (Å²) in [6.07, 6.45) is 2.98. The van der Waals surface area contributed by atoms with E-state index in [0.29, 0.717) is 18.6 Å². The van der Waals surface area contributed by atoms with Gasteiger partial charge in [-0.15, -0.1) is 0 Å². The van der Waals surface area contributed by atoms with E-state index in [4.69, 9.17) is 5.73 Å². The Bertz CT molecular complexity index is 557. The number of nitrogens with two attached hydrogens (primary N) is 1. The molecule has 3 atom stereocenters. The number of hydrogen-bond donors (Lipinski definition) is 5. The van der Waals surface area contributed by atoms with Crippen molar-refractivity contribution in [3.63, 3.8) is 0 Å². The van der Waals surface area contributed by atoms with Crippen LogP contribution in [0.4, 0.5) is 0 Å². The fourth-order valence-electron chi connectivity index (χ4n) is 2.63. The predicted molar refractivity (Wildman–Crippen MR) is 114 cm³/mol. The van der Waals surface area contributed by atoms with Gasteiger partial charge in [0.25, 0.3) is 0 Å². The third-order valence-corrected chi connectivity index (χ3v) is 4.71. The second-order valence-corrected chi connectivity index (χ2v) is 8.87. The van der Waals surface area contributed by atoms with Crippen molar-refractivity contribution >= 4 is 35.5 Å². The molecule has 3 amide bonds. The second kappa shape index (κ2) is 14.2. The minimum atomic E-state index is -1.12. The van der Waals surface area contributed by atoms with Crippen LogP contribution >= 0.6 is 11.8 Å². The van der Waals surface area contributed by atoms with Gasteiger partial charge in [-0.05, 0) is 43.1 Å². The van der Waals surface area contributed by atoms with Gasteiger partial charge in [-0.25, -0.2) is 4.79 Å². The first-order valence-electron chi connectivity index (χ1n) is 9.82. The normalized spacial score (nSPS) is 14.2. The standard InChI is InChI=1S/C19H36N4O5S/c1-11(2)8-13(20)17(25)21-10-16(24)22-15(9-12(3)4)18(26)23-14(19(27)28)6-7-29-5/h11-15H,6-10,20H2,1-5H3,(H,21,25)(H,22,24)(H,23,26)(H,27,28). The molecule has 0 aromatic heterocycles. The van der Waals surface area contributed by atoms with Crippen LogP contribution < -0.4 is 21.7 Å². The monoisotopic (exact) mass is 432 g/mol. The van der Waals surface area contributed by atoms with E-state index < -0.39 is 41.8 Å². The summed E-state index contributed by atoms with van der Waals surface area (Å²) in [6, 6.07) is -2.61. The van der Waals surface area contributed by atoms with Gasteiger partial charge in [-0.3, -0.25) is 14.4 Å². The zero-order valence-corrected chi connectivity index (χ0v) is 18.8. The molecule has 0 saturated carbocycles. The summed E-state index contributed by atoms with van der Waals surface area (Å²) in [5.74, 6) is -1.71. The number of rotatable bonds is 14. The van der Waals surface area contributed by atoms with Crippen molar-refractivity contribution in [2.75, 3.05) is 18.6 Å². The SMILES string of the molecule is CSCCC(NC(=O)C(CC(C)C)NC(=O)CNC(=O)C(N)CC(C)C)C(=O)O. The van der Waals surface area contributed by atoms with Gasteiger partial charge in [-0.1, -0.05) is 27.7 Å². The van der Waals surface area contributed by atoms with Gasteiger partial charge in [-0.2, -0.15) is 11.8 Å². The van der Waals surface area contributed by atoms with E-state index in [1.165, 1.54) is 11.8 Å². The summed E-state index contributed by atoms with van der Waals surface area (Å²) in [6.45, 7) is 7.36. The number of thioether (sulfide) groups is 1. The van der Waals surface area contributed by atoms with Crippen molar-refractivity contribution < 1.29 is 24.3 Å². The van der Waals surface area contributed by atoms with Gasteiger partial charge < -0.3 is 26.8 Å². The van der Waals surface area contributed by atoms with Crippen LogP contribution in [0.1, 0.15) is 47.0 Å². The average Bonchev–Trinajstić information content (AvgIpc) is 2.61. The summed E-state index contributed by atoms with van der Waals surface area (Å²) < 4.78 is 0. The smallest absolute Gasteiger partial charge is 0.326 e. The van der Waals surface area contributed by atoms with E-state index in [1.807, 2.05) is 34.0 Å². The van der Waals surface area contributed by atoms with Gasteiger partial charge in [0.15, 0.2) is 0 Å². The summed E-state index contributed by atoms with van der Waals surface area (Å²) >= 11 is 1.48. The van der Waals surface area contributed by atoms with E-state index in [0.717, 1.165) is 0 Å².